The molecule has 0 aromatic heterocycles. The molecule has 3 rings (SSSR count). The zero-order valence-electron chi connectivity index (χ0n) is 13.6. The maximum Gasteiger partial charge on any atom is 0.252 e. The van der Waals surface area contributed by atoms with E-state index in [0.717, 1.165) is 10.0 Å². The van der Waals surface area contributed by atoms with Crippen molar-refractivity contribution >= 4 is 27.7 Å². The molecule has 4 N–H and O–H groups in total. The number of benzene rings is 2. The molecule has 1 aliphatic rings. The zero-order chi connectivity index (χ0) is 18.7. The summed E-state index contributed by atoms with van der Waals surface area (Å²) in [7, 11) is 0. The fourth-order valence-corrected chi connectivity index (χ4v) is 2.91. The highest BCUT2D eigenvalue weighted by Crippen LogP contribution is 2.17. The maximum atomic E-state index is 13.1. The largest absolute Gasteiger partial charge is 0.381 e. The Bertz CT molecular complexity index is 798. The third kappa shape index (κ3) is 4.27. The highest BCUT2D eigenvalue weighted by atomic mass is 79.9. The number of halogens is 2. The van der Waals surface area contributed by atoms with Crippen molar-refractivity contribution in [3.8, 4) is 0 Å². The molecule has 26 heavy (non-hydrogen) atoms. The first-order valence-corrected chi connectivity index (χ1v) is 8.75. The molecule has 136 valence electrons. The molecule has 1 heterocycles. The van der Waals surface area contributed by atoms with Crippen LogP contribution in [0.1, 0.15) is 17.3 Å². The van der Waals surface area contributed by atoms with Crippen LogP contribution in [0, 0.1) is 5.82 Å². The molecule has 0 spiro atoms. The summed E-state index contributed by atoms with van der Waals surface area (Å²) < 4.78 is 14.0. The Morgan fingerprint density at radius 2 is 1.81 bits per heavy atom. The molecule has 0 saturated carbocycles. The molecule has 0 aliphatic carbocycles. The minimum atomic E-state index is -1.52. The third-order valence-corrected chi connectivity index (χ3v) is 4.61. The van der Waals surface area contributed by atoms with Gasteiger partial charge in [0.15, 0.2) is 6.10 Å². The predicted octanol–water partition coefficient (Wildman–Crippen LogP) is 1.35. The average molecular weight is 422 g/mol. The van der Waals surface area contributed by atoms with Crippen molar-refractivity contribution in [3.63, 3.8) is 0 Å². The third-order valence-electron chi connectivity index (χ3n) is 4.08. The molecule has 3 unspecified atom stereocenters. The molecule has 0 bridgehead atoms. The number of rotatable bonds is 4. The van der Waals surface area contributed by atoms with Gasteiger partial charge in [0.1, 0.15) is 18.0 Å². The molecule has 2 amide bonds. The topological polar surface area (TPSA) is 90.5 Å². The number of carbonyl (C=O) groups is 2. The van der Waals surface area contributed by atoms with Crippen LogP contribution in [0.5, 0.6) is 0 Å². The molecule has 1 fully saturated rings. The Morgan fingerprint density at radius 3 is 2.46 bits per heavy atom. The second-order valence-electron chi connectivity index (χ2n) is 5.93. The second-order valence-corrected chi connectivity index (χ2v) is 6.84. The Kier molecular flexibility index (Phi) is 5.65. The van der Waals surface area contributed by atoms with Gasteiger partial charge in [-0.2, -0.15) is 0 Å². The van der Waals surface area contributed by atoms with Gasteiger partial charge in [0, 0.05) is 11.0 Å². The summed E-state index contributed by atoms with van der Waals surface area (Å²) >= 11 is 3.34. The molecule has 2 aromatic carbocycles. The van der Waals surface area contributed by atoms with Gasteiger partial charge in [0.2, 0.25) is 5.91 Å². The van der Waals surface area contributed by atoms with Crippen molar-refractivity contribution in [2.24, 2.45) is 0 Å². The Morgan fingerprint density at radius 1 is 1.15 bits per heavy atom. The number of hydrogen-bond donors (Lipinski definition) is 4. The van der Waals surface area contributed by atoms with E-state index in [1.54, 1.807) is 0 Å². The van der Waals surface area contributed by atoms with Crippen molar-refractivity contribution < 1.29 is 19.1 Å². The van der Waals surface area contributed by atoms with Crippen LogP contribution >= 0.6 is 15.9 Å². The van der Waals surface area contributed by atoms with Gasteiger partial charge in [-0.25, -0.2) is 4.39 Å². The Labute approximate surface area is 157 Å². The minimum absolute atomic E-state index is 0.264. The normalized spacial score (nSPS) is 22.6. The Hall–Kier alpha value is -2.29. The van der Waals surface area contributed by atoms with Crippen LogP contribution in [-0.4, -0.2) is 29.1 Å². The van der Waals surface area contributed by atoms with E-state index in [0.29, 0.717) is 5.56 Å². The first-order chi connectivity index (χ1) is 12.4. The lowest BCUT2D eigenvalue weighted by atomic mass is 10.0. The molecule has 1 aliphatic heterocycles. The highest BCUT2D eigenvalue weighted by molar-refractivity contribution is 9.10. The van der Waals surface area contributed by atoms with E-state index in [9.17, 15) is 19.1 Å². The van der Waals surface area contributed by atoms with Crippen LogP contribution < -0.4 is 16.0 Å². The number of amides is 2. The van der Waals surface area contributed by atoms with Crippen molar-refractivity contribution in [1.82, 2.24) is 16.0 Å². The molecule has 2 aromatic rings. The summed E-state index contributed by atoms with van der Waals surface area (Å²) in [4.78, 5) is 24.5. The van der Waals surface area contributed by atoms with Crippen LogP contribution in [0.3, 0.4) is 0 Å². The van der Waals surface area contributed by atoms with Crippen LogP contribution in [-0.2, 0) is 16.1 Å². The quantitative estimate of drug-likeness (QED) is 0.599. The lowest BCUT2D eigenvalue weighted by Crippen LogP contribution is -2.64. The van der Waals surface area contributed by atoms with Crippen molar-refractivity contribution in [2.75, 3.05) is 0 Å². The molecular formula is C18H17BrFN3O3. The Balaban J connectivity index is 1.68. The van der Waals surface area contributed by atoms with Crippen molar-refractivity contribution in [1.29, 1.82) is 0 Å². The first-order valence-electron chi connectivity index (χ1n) is 7.96. The average Bonchev–Trinajstić information content (AvgIpc) is 2.64. The first kappa shape index (κ1) is 18.5. The van der Waals surface area contributed by atoms with E-state index >= 15 is 0 Å². The molecule has 8 heteroatoms. The van der Waals surface area contributed by atoms with Gasteiger partial charge >= 0.3 is 0 Å². The van der Waals surface area contributed by atoms with Crippen LogP contribution in [0.4, 0.5) is 4.39 Å². The minimum Gasteiger partial charge on any atom is -0.381 e. The predicted molar refractivity (Wildman–Crippen MR) is 96.2 cm³/mol. The van der Waals surface area contributed by atoms with Gasteiger partial charge in [-0.1, -0.05) is 40.2 Å². The van der Waals surface area contributed by atoms with Crippen LogP contribution in [0.2, 0.25) is 0 Å². The zero-order valence-corrected chi connectivity index (χ0v) is 15.2. The van der Waals surface area contributed by atoms with E-state index < -0.39 is 35.9 Å². The summed E-state index contributed by atoms with van der Waals surface area (Å²) in [5.74, 6) is -1.57. The fourth-order valence-electron chi connectivity index (χ4n) is 2.65. The van der Waals surface area contributed by atoms with Gasteiger partial charge in [0.05, 0.1) is 0 Å². The van der Waals surface area contributed by atoms with Crippen LogP contribution in [0.25, 0.3) is 0 Å². The van der Waals surface area contributed by atoms with Crippen molar-refractivity contribution in [3.05, 3.63) is 69.9 Å². The molecule has 1 saturated heterocycles. The number of aliphatic hydroxyl groups excluding tert-OH is 1. The number of nitrogens with one attached hydrogen (secondary N) is 3. The van der Waals surface area contributed by atoms with E-state index in [4.69, 9.17) is 0 Å². The monoisotopic (exact) mass is 421 g/mol. The standard InChI is InChI=1S/C18H17BrFN3O3/c19-12-5-1-10(2-6-12)9-21-17(25)14-15(24)18(26)23-16(22-14)11-3-7-13(20)8-4-11/h1-8,14-16,22,24H,9H2,(H,21,25)(H,23,26). The van der Waals surface area contributed by atoms with Gasteiger partial charge in [-0.05, 0) is 35.4 Å². The summed E-state index contributed by atoms with van der Waals surface area (Å²) in [6, 6.07) is 11.8. The number of hydrogen-bond acceptors (Lipinski definition) is 4. The molecule has 0 radical (unpaired) electrons. The van der Waals surface area contributed by atoms with E-state index in [1.807, 2.05) is 24.3 Å². The number of carbonyl (C=O) groups excluding carboxylic acids is 2. The van der Waals surface area contributed by atoms with Gasteiger partial charge < -0.3 is 15.7 Å². The fraction of sp³-hybridized carbons (Fsp3) is 0.222. The van der Waals surface area contributed by atoms with Crippen LogP contribution in [0.15, 0.2) is 53.0 Å². The van der Waals surface area contributed by atoms with Gasteiger partial charge in [-0.15, -0.1) is 0 Å². The summed E-state index contributed by atoms with van der Waals surface area (Å²) in [5, 5.41) is 18.2. The SMILES string of the molecule is O=C1NC(c2ccc(F)cc2)NC(C(=O)NCc2ccc(Br)cc2)C1O. The highest BCUT2D eigenvalue weighted by Gasteiger charge is 2.39. The van der Waals surface area contributed by atoms with E-state index in [1.165, 1.54) is 24.3 Å². The van der Waals surface area contributed by atoms with Crippen molar-refractivity contribution in [2.45, 2.75) is 24.9 Å². The van der Waals surface area contributed by atoms with E-state index in [-0.39, 0.29) is 6.54 Å². The van der Waals surface area contributed by atoms with E-state index in [2.05, 4.69) is 31.9 Å². The lowest BCUT2D eigenvalue weighted by molar-refractivity contribution is -0.142. The summed E-state index contributed by atoms with van der Waals surface area (Å²) in [6.45, 7) is 0.264. The number of aliphatic hydroxyl groups is 1. The summed E-state index contributed by atoms with van der Waals surface area (Å²) in [5.41, 5.74) is 1.46. The van der Waals surface area contributed by atoms with Gasteiger partial charge in [0.25, 0.3) is 5.91 Å². The maximum absolute atomic E-state index is 13.1. The molecule has 6 nitrogen and oxygen atoms in total. The van der Waals surface area contributed by atoms with Gasteiger partial charge in [-0.3, -0.25) is 14.9 Å². The summed E-state index contributed by atoms with van der Waals surface area (Å²) in [6.07, 6.45) is -2.22. The lowest BCUT2D eigenvalue weighted by Gasteiger charge is -2.34. The molecule has 3 atom stereocenters. The molecular weight excluding hydrogens is 405 g/mol. The second kappa shape index (κ2) is 7.94. The smallest absolute Gasteiger partial charge is 0.252 e.